The Hall–Kier alpha value is -2.49. The largest absolute Gasteiger partial charge is 0.487 e. The van der Waals surface area contributed by atoms with Gasteiger partial charge in [0.1, 0.15) is 6.61 Å². The van der Waals surface area contributed by atoms with Gasteiger partial charge in [-0.15, -0.1) is 0 Å². The van der Waals surface area contributed by atoms with Gasteiger partial charge in [0.15, 0.2) is 11.5 Å². The van der Waals surface area contributed by atoms with Crippen molar-refractivity contribution in [2.45, 2.75) is 26.6 Å². The van der Waals surface area contributed by atoms with Crippen molar-refractivity contribution in [3.63, 3.8) is 0 Å². The molecular weight excluding hydrogens is 266 g/mol. The molecule has 0 spiro atoms. The van der Waals surface area contributed by atoms with Gasteiger partial charge < -0.3 is 15.2 Å². The summed E-state index contributed by atoms with van der Waals surface area (Å²) in [6, 6.07) is 14.8. The number of rotatable bonds is 6. The maximum Gasteiger partial charge on any atom is 0.248 e. The third-order valence-corrected chi connectivity index (χ3v) is 2.83. The maximum atomic E-state index is 11.3. The SMILES string of the molecule is CC(C)Oc1cc(C(N)=O)ccc1OCc1ccccc1. The second-order valence-corrected chi connectivity index (χ2v) is 4.97. The van der Waals surface area contributed by atoms with E-state index in [1.807, 2.05) is 44.2 Å². The van der Waals surface area contributed by atoms with Crippen LogP contribution in [0.2, 0.25) is 0 Å². The number of hydrogen-bond donors (Lipinski definition) is 1. The summed E-state index contributed by atoms with van der Waals surface area (Å²) >= 11 is 0. The van der Waals surface area contributed by atoms with E-state index in [0.29, 0.717) is 23.7 Å². The molecule has 0 aliphatic heterocycles. The predicted octanol–water partition coefficient (Wildman–Crippen LogP) is 3.15. The quantitative estimate of drug-likeness (QED) is 0.886. The van der Waals surface area contributed by atoms with Crippen LogP contribution in [-0.4, -0.2) is 12.0 Å². The van der Waals surface area contributed by atoms with E-state index in [9.17, 15) is 4.79 Å². The number of nitrogens with two attached hydrogens (primary N) is 1. The van der Waals surface area contributed by atoms with Gasteiger partial charge in [-0.1, -0.05) is 30.3 Å². The topological polar surface area (TPSA) is 61.5 Å². The Morgan fingerprint density at radius 1 is 1.10 bits per heavy atom. The molecule has 0 saturated carbocycles. The summed E-state index contributed by atoms with van der Waals surface area (Å²) < 4.78 is 11.5. The van der Waals surface area contributed by atoms with Crippen molar-refractivity contribution >= 4 is 5.91 Å². The molecule has 0 fully saturated rings. The molecule has 0 heterocycles. The van der Waals surface area contributed by atoms with Crippen LogP contribution in [-0.2, 0) is 6.61 Å². The van der Waals surface area contributed by atoms with Crippen molar-refractivity contribution in [2.75, 3.05) is 0 Å². The molecular formula is C17H19NO3. The van der Waals surface area contributed by atoms with Gasteiger partial charge in [0.2, 0.25) is 5.91 Å². The van der Waals surface area contributed by atoms with E-state index in [0.717, 1.165) is 5.56 Å². The van der Waals surface area contributed by atoms with Crippen LogP contribution in [0.15, 0.2) is 48.5 Å². The van der Waals surface area contributed by atoms with Gasteiger partial charge in [0.25, 0.3) is 0 Å². The highest BCUT2D eigenvalue weighted by atomic mass is 16.5. The molecule has 0 radical (unpaired) electrons. The van der Waals surface area contributed by atoms with Crippen molar-refractivity contribution in [2.24, 2.45) is 5.73 Å². The van der Waals surface area contributed by atoms with Crippen LogP contribution < -0.4 is 15.2 Å². The van der Waals surface area contributed by atoms with Crippen LogP contribution in [0.5, 0.6) is 11.5 Å². The minimum Gasteiger partial charge on any atom is -0.487 e. The second kappa shape index (κ2) is 6.79. The molecule has 110 valence electrons. The molecule has 0 aliphatic carbocycles. The molecule has 2 aromatic rings. The zero-order valence-corrected chi connectivity index (χ0v) is 12.2. The monoisotopic (exact) mass is 285 g/mol. The fourth-order valence-electron chi connectivity index (χ4n) is 1.86. The lowest BCUT2D eigenvalue weighted by Gasteiger charge is -2.15. The summed E-state index contributed by atoms with van der Waals surface area (Å²) in [6.45, 7) is 4.26. The first-order valence-corrected chi connectivity index (χ1v) is 6.83. The predicted molar refractivity (Wildman–Crippen MR) is 81.5 cm³/mol. The Bertz CT molecular complexity index is 609. The van der Waals surface area contributed by atoms with Crippen LogP contribution in [0.3, 0.4) is 0 Å². The average Bonchev–Trinajstić information content (AvgIpc) is 2.46. The highest BCUT2D eigenvalue weighted by molar-refractivity contribution is 5.93. The number of carbonyl (C=O) groups is 1. The molecule has 21 heavy (non-hydrogen) atoms. The molecule has 1 amide bonds. The van der Waals surface area contributed by atoms with Gasteiger partial charge in [0.05, 0.1) is 6.10 Å². The Morgan fingerprint density at radius 3 is 2.43 bits per heavy atom. The fourth-order valence-corrected chi connectivity index (χ4v) is 1.86. The van der Waals surface area contributed by atoms with E-state index in [4.69, 9.17) is 15.2 Å². The fraction of sp³-hybridized carbons (Fsp3) is 0.235. The summed E-state index contributed by atoms with van der Waals surface area (Å²) in [6.07, 6.45) is -0.0211. The van der Waals surface area contributed by atoms with Gasteiger partial charge in [0, 0.05) is 5.56 Å². The van der Waals surface area contributed by atoms with E-state index < -0.39 is 5.91 Å². The Labute approximate surface area is 124 Å². The number of primary amides is 1. The van der Waals surface area contributed by atoms with Gasteiger partial charge >= 0.3 is 0 Å². The van der Waals surface area contributed by atoms with Gasteiger partial charge in [-0.25, -0.2) is 0 Å². The van der Waals surface area contributed by atoms with E-state index >= 15 is 0 Å². The molecule has 2 N–H and O–H groups in total. The number of hydrogen-bond acceptors (Lipinski definition) is 3. The Kier molecular flexibility index (Phi) is 4.82. The van der Waals surface area contributed by atoms with Crippen LogP contribution in [0.4, 0.5) is 0 Å². The minimum atomic E-state index is -0.488. The summed E-state index contributed by atoms with van der Waals surface area (Å²) in [5.41, 5.74) is 6.76. The average molecular weight is 285 g/mol. The smallest absolute Gasteiger partial charge is 0.248 e. The molecule has 0 aliphatic rings. The Balaban J connectivity index is 2.19. The standard InChI is InChI=1S/C17H19NO3/c1-12(2)21-16-10-14(17(18)19)8-9-15(16)20-11-13-6-4-3-5-7-13/h3-10,12H,11H2,1-2H3,(H2,18,19). The molecule has 0 aromatic heterocycles. The van der Waals surface area contributed by atoms with Crippen LogP contribution in [0.1, 0.15) is 29.8 Å². The lowest BCUT2D eigenvalue weighted by molar-refractivity contribution is 0.0999. The zero-order valence-electron chi connectivity index (χ0n) is 12.2. The molecule has 0 atom stereocenters. The van der Waals surface area contributed by atoms with Crippen molar-refractivity contribution in [3.8, 4) is 11.5 Å². The van der Waals surface area contributed by atoms with Gasteiger partial charge in [-0.3, -0.25) is 4.79 Å². The summed E-state index contributed by atoms with van der Waals surface area (Å²) in [7, 11) is 0. The first-order chi connectivity index (χ1) is 10.1. The summed E-state index contributed by atoms with van der Waals surface area (Å²) in [5, 5.41) is 0. The van der Waals surface area contributed by atoms with Crippen LogP contribution in [0, 0.1) is 0 Å². The molecule has 2 rings (SSSR count). The first kappa shape index (κ1) is 14.9. The summed E-state index contributed by atoms with van der Waals surface area (Å²) in [4.78, 5) is 11.3. The normalized spacial score (nSPS) is 10.4. The van der Waals surface area contributed by atoms with Crippen molar-refractivity contribution in [1.82, 2.24) is 0 Å². The molecule has 4 nitrogen and oxygen atoms in total. The van der Waals surface area contributed by atoms with Crippen molar-refractivity contribution < 1.29 is 14.3 Å². The first-order valence-electron chi connectivity index (χ1n) is 6.83. The highest BCUT2D eigenvalue weighted by Gasteiger charge is 2.11. The van der Waals surface area contributed by atoms with E-state index in [1.165, 1.54) is 0 Å². The third-order valence-electron chi connectivity index (χ3n) is 2.83. The minimum absolute atomic E-state index is 0.0211. The Morgan fingerprint density at radius 2 is 1.81 bits per heavy atom. The lowest BCUT2D eigenvalue weighted by Crippen LogP contribution is -2.13. The molecule has 0 saturated heterocycles. The molecule has 0 unspecified atom stereocenters. The number of ether oxygens (including phenoxy) is 2. The lowest BCUT2D eigenvalue weighted by atomic mass is 10.2. The zero-order chi connectivity index (χ0) is 15.2. The number of benzene rings is 2. The van der Waals surface area contributed by atoms with E-state index in [-0.39, 0.29) is 6.10 Å². The van der Waals surface area contributed by atoms with E-state index in [2.05, 4.69) is 0 Å². The van der Waals surface area contributed by atoms with E-state index in [1.54, 1.807) is 18.2 Å². The summed E-state index contributed by atoms with van der Waals surface area (Å²) in [5.74, 6) is 0.632. The van der Waals surface area contributed by atoms with Crippen LogP contribution >= 0.6 is 0 Å². The number of carbonyl (C=O) groups excluding carboxylic acids is 1. The van der Waals surface area contributed by atoms with Crippen molar-refractivity contribution in [3.05, 3.63) is 59.7 Å². The maximum absolute atomic E-state index is 11.3. The molecule has 0 bridgehead atoms. The van der Waals surface area contributed by atoms with Crippen molar-refractivity contribution in [1.29, 1.82) is 0 Å². The second-order valence-electron chi connectivity index (χ2n) is 4.97. The highest BCUT2D eigenvalue weighted by Crippen LogP contribution is 2.30. The number of amides is 1. The van der Waals surface area contributed by atoms with Crippen LogP contribution in [0.25, 0.3) is 0 Å². The molecule has 4 heteroatoms. The van der Waals surface area contributed by atoms with Gasteiger partial charge in [-0.2, -0.15) is 0 Å². The van der Waals surface area contributed by atoms with Gasteiger partial charge in [-0.05, 0) is 37.6 Å². The molecule has 2 aromatic carbocycles. The third kappa shape index (κ3) is 4.24.